The van der Waals surface area contributed by atoms with Gasteiger partial charge in [-0.3, -0.25) is 4.79 Å². The molecule has 0 saturated carbocycles. The molecule has 0 spiro atoms. The lowest BCUT2D eigenvalue weighted by Crippen LogP contribution is -2.00. The van der Waals surface area contributed by atoms with Crippen LogP contribution in [-0.2, 0) is 9.53 Å². The van der Waals surface area contributed by atoms with Crippen LogP contribution in [0.5, 0.6) is 0 Å². The molecule has 0 unspecified atom stereocenters. The molecule has 0 aliphatic rings. The first kappa shape index (κ1) is 9.21. The number of carbonyl (C=O) groups is 1. The van der Waals surface area contributed by atoms with Gasteiger partial charge in [0.25, 0.3) is 0 Å². The molecule has 0 heterocycles. The molecule has 10 heavy (non-hydrogen) atoms. The second kappa shape index (κ2) is 5.03. The fourth-order valence-electron chi connectivity index (χ4n) is 0.516. The summed E-state index contributed by atoms with van der Waals surface area (Å²) in [5, 5.41) is 0. The second-order valence-corrected chi connectivity index (χ2v) is 2.19. The summed E-state index contributed by atoms with van der Waals surface area (Å²) in [6.45, 7) is 7.70. The molecular formula is C8H14O2. The maximum absolute atomic E-state index is 10.3. The van der Waals surface area contributed by atoms with Crippen molar-refractivity contribution in [1.82, 2.24) is 0 Å². The summed E-state index contributed by atoms with van der Waals surface area (Å²) in [6, 6.07) is 0. The third-order valence-electron chi connectivity index (χ3n) is 1.26. The summed E-state index contributed by atoms with van der Waals surface area (Å²) in [6.07, 6.45) is 1.75. The van der Waals surface area contributed by atoms with Crippen LogP contribution in [-0.4, -0.2) is 12.6 Å². The Morgan fingerprint density at radius 3 is 2.60 bits per heavy atom. The van der Waals surface area contributed by atoms with Gasteiger partial charge in [-0.05, 0) is 6.42 Å². The number of hydrogen-bond acceptors (Lipinski definition) is 2. The van der Waals surface area contributed by atoms with E-state index in [-0.39, 0.29) is 5.97 Å². The van der Waals surface area contributed by atoms with E-state index in [0.29, 0.717) is 6.61 Å². The SMILES string of the molecule is C=C(CC)CCOC(C)=O. The molecule has 0 N–H and O–H groups in total. The fourth-order valence-corrected chi connectivity index (χ4v) is 0.516. The highest BCUT2D eigenvalue weighted by Gasteiger charge is 1.93. The van der Waals surface area contributed by atoms with E-state index in [9.17, 15) is 4.79 Å². The Morgan fingerprint density at radius 1 is 1.60 bits per heavy atom. The normalized spacial score (nSPS) is 9.00. The van der Waals surface area contributed by atoms with Crippen molar-refractivity contribution in [2.24, 2.45) is 0 Å². The first-order valence-corrected chi connectivity index (χ1v) is 3.46. The molecule has 0 radical (unpaired) electrons. The number of hydrogen-bond donors (Lipinski definition) is 0. The number of ether oxygens (including phenoxy) is 1. The predicted octanol–water partition coefficient (Wildman–Crippen LogP) is 1.91. The summed E-state index contributed by atoms with van der Waals surface area (Å²) in [5.74, 6) is -0.219. The van der Waals surface area contributed by atoms with Crippen molar-refractivity contribution in [1.29, 1.82) is 0 Å². The summed E-state index contributed by atoms with van der Waals surface area (Å²) in [5.41, 5.74) is 1.13. The van der Waals surface area contributed by atoms with Crippen molar-refractivity contribution in [2.75, 3.05) is 6.61 Å². The minimum Gasteiger partial charge on any atom is -0.466 e. The summed E-state index contributed by atoms with van der Waals surface area (Å²) >= 11 is 0. The maximum Gasteiger partial charge on any atom is 0.302 e. The molecule has 2 nitrogen and oxygen atoms in total. The average Bonchev–Trinajstić information content (AvgIpc) is 1.87. The zero-order chi connectivity index (χ0) is 7.98. The van der Waals surface area contributed by atoms with Crippen LogP contribution in [0.25, 0.3) is 0 Å². The number of carbonyl (C=O) groups excluding carboxylic acids is 1. The van der Waals surface area contributed by atoms with Gasteiger partial charge in [-0.25, -0.2) is 0 Å². The van der Waals surface area contributed by atoms with Gasteiger partial charge in [0.1, 0.15) is 0 Å². The topological polar surface area (TPSA) is 26.3 Å². The first-order valence-electron chi connectivity index (χ1n) is 3.46. The van der Waals surface area contributed by atoms with Crippen LogP contribution in [0.1, 0.15) is 26.7 Å². The van der Waals surface area contributed by atoms with Crippen molar-refractivity contribution in [2.45, 2.75) is 26.7 Å². The molecule has 0 aromatic heterocycles. The van der Waals surface area contributed by atoms with Crippen molar-refractivity contribution < 1.29 is 9.53 Å². The van der Waals surface area contributed by atoms with Crippen LogP contribution in [0.15, 0.2) is 12.2 Å². The van der Waals surface area contributed by atoms with Crippen LogP contribution in [0.2, 0.25) is 0 Å². The highest BCUT2D eigenvalue weighted by atomic mass is 16.5. The van der Waals surface area contributed by atoms with Crippen molar-refractivity contribution in [3.63, 3.8) is 0 Å². The van der Waals surface area contributed by atoms with Crippen molar-refractivity contribution in [3.8, 4) is 0 Å². The van der Waals surface area contributed by atoms with Crippen LogP contribution in [0, 0.1) is 0 Å². The third kappa shape index (κ3) is 5.35. The molecule has 2 heteroatoms. The minimum absolute atomic E-state index is 0.219. The highest BCUT2D eigenvalue weighted by Crippen LogP contribution is 2.01. The molecule has 0 aromatic carbocycles. The molecule has 0 aliphatic heterocycles. The summed E-state index contributed by atoms with van der Waals surface area (Å²) in [4.78, 5) is 10.3. The largest absolute Gasteiger partial charge is 0.466 e. The van der Waals surface area contributed by atoms with E-state index in [1.54, 1.807) is 0 Å². The van der Waals surface area contributed by atoms with Crippen LogP contribution < -0.4 is 0 Å². The Kier molecular flexibility index (Phi) is 4.63. The van der Waals surface area contributed by atoms with Gasteiger partial charge in [0.05, 0.1) is 6.61 Å². The standard InChI is InChI=1S/C8H14O2/c1-4-7(2)5-6-10-8(3)9/h2,4-6H2,1,3H3. The van der Waals surface area contributed by atoms with Gasteiger partial charge in [-0.15, -0.1) is 0 Å². The van der Waals surface area contributed by atoms with Gasteiger partial charge in [0.2, 0.25) is 0 Å². The molecule has 0 saturated heterocycles. The van der Waals surface area contributed by atoms with Gasteiger partial charge in [0.15, 0.2) is 0 Å². The van der Waals surface area contributed by atoms with E-state index < -0.39 is 0 Å². The van der Waals surface area contributed by atoms with E-state index in [0.717, 1.165) is 18.4 Å². The molecular weight excluding hydrogens is 128 g/mol. The monoisotopic (exact) mass is 142 g/mol. The summed E-state index contributed by atoms with van der Waals surface area (Å²) < 4.78 is 4.71. The lowest BCUT2D eigenvalue weighted by Gasteiger charge is -2.01. The van der Waals surface area contributed by atoms with E-state index in [2.05, 4.69) is 6.58 Å². The molecule has 0 amide bonds. The Balaban J connectivity index is 3.20. The smallest absolute Gasteiger partial charge is 0.302 e. The van der Waals surface area contributed by atoms with Crippen LogP contribution in [0.3, 0.4) is 0 Å². The van der Waals surface area contributed by atoms with Crippen molar-refractivity contribution in [3.05, 3.63) is 12.2 Å². The molecule has 58 valence electrons. The second-order valence-electron chi connectivity index (χ2n) is 2.19. The van der Waals surface area contributed by atoms with Gasteiger partial charge in [-0.2, -0.15) is 0 Å². The van der Waals surface area contributed by atoms with E-state index in [4.69, 9.17) is 4.74 Å². The lowest BCUT2D eigenvalue weighted by molar-refractivity contribution is -0.140. The quantitative estimate of drug-likeness (QED) is 0.442. The summed E-state index contributed by atoms with van der Waals surface area (Å²) in [7, 11) is 0. The van der Waals surface area contributed by atoms with Gasteiger partial charge < -0.3 is 4.74 Å². The first-order chi connectivity index (χ1) is 4.66. The molecule has 0 rings (SSSR count). The molecule has 0 aromatic rings. The Hall–Kier alpha value is -0.790. The van der Waals surface area contributed by atoms with E-state index in [1.807, 2.05) is 6.92 Å². The third-order valence-corrected chi connectivity index (χ3v) is 1.26. The molecule has 0 atom stereocenters. The van der Waals surface area contributed by atoms with Crippen LogP contribution in [0.4, 0.5) is 0 Å². The van der Waals surface area contributed by atoms with Crippen molar-refractivity contribution >= 4 is 5.97 Å². The lowest BCUT2D eigenvalue weighted by atomic mass is 10.2. The Morgan fingerprint density at radius 2 is 2.20 bits per heavy atom. The molecule has 0 fully saturated rings. The Bertz CT molecular complexity index is 127. The number of rotatable bonds is 4. The van der Waals surface area contributed by atoms with Gasteiger partial charge >= 0.3 is 5.97 Å². The number of esters is 1. The fraction of sp³-hybridized carbons (Fsp3) is 0.625. The zero-order valence-electron chi connectivity index (χ0n) is 6.64. The Labute approximate surface area is 61.9 Å². The average molecular weight is 142 g/mol. The molecule has 0 aliphatic carbocycles. The van der Waals surface area contributed by atoms with Gasteiger partial charge in [-0.1, -0.05) is 19.1 Å². The van der Waals surface area contributed by atoms with E-state index in [1.165, 1.54) is 6.92 Å². The predicted molar refractivity (Wildman–Crippen MR) is 40.7 cm³/mol. The maximum atomic E-state index is 10.3. The van der Waals surface area contributed by atoms with Crippen LogP contribution >= 0.6 is 0 Å². The highest BCUT2D eigenvalue weighted by molar-refractivity contribution is 5.65. The minimum atomic E-state index is -0.219. The molecule has 0 bridgehead atoms. The zero-order valence-corrected chi connectivity index (χ0v) is 6.64. The van der Waals surface area contributed by atoms with E-state index >= 15 is 0 Å². The van der Waals surface area contributed by atoms with Gasteiger partial charge in [0, 0.05) is 13.3 Å².